The third-order valence-electron chi connectivity index (χ3n) is 14.3. The van der Waals surface area contributed by atoms with Gasteiger partial charge >= 0.3 is 0 Å². The summed E-state index contributed by atoms with van der Waals surface area (Å²) in [5.41, 5.74) is 20.5. The third kappa shape index (κ3) is 3.73. The van der Waals surface area contributed by atoms with Crippen LogP contribution >= 0.6 is 0 Å². The lowest BCUT2D eigenvalue weighted by atomic mass is 9.67. The fourth-order valence-corrected chi connectivity index (χ4v) is 12.1. The second-order valence-electron chi connectivity index (χ2n) is 16.7. The normalized spacial score (nSPS) is 20.1. The number of fused-ring (bicyclic) bond motifs is 28. The number of hydrogen-bond acceptors (Lipinski definition) is 6. The van der Waals surface area contributed by atoms with E-state index in [2.05, 4.69) is 141 Å². The number of hydrogen-bond donors (Lipinski definition) is 0. The van der Waals surface area contributed by atoms with Gasteiger partial charge in [-0.05, 0) is 132 Å². The average Bonchev–Trinajstić information content (AvgIpc) is 4.01. The maximum absolute atomic E-state index is 4.90. The first-order chi connectivity index (χ1) is 27.8. The zero-order valence-electron chi connectivity index (χ0n) is 31.5. The van der Waals surface area contributed by atoms with Gasteiger partial charge in [-0.25, -0.2) is 0 Å². The van der Waals surface area contributed by atoms with Crippen LogP contribution in [0.25, 0.3) is 22.3 Å². The van der Waals surface area contributed by atoms with Crippen LogP contribution in [0, 0.1) is 0 Å². The molecular weight excluding hydrogens is 685 g/mol. The Morgan fingerprint density at radius 2 is 0.875 bits per heavy atom. The van der Waals surface area contributed by atoms with Gasteiger partial charge in [0.15, 0.2) is 5.66 Å². The van der Waals surface area contributed by atoms with Crippen molar-refractivity contribution in [1.29, 1.82) is 0 Å². The molecule has 0 saturated heterocycles. The standard InChI is InChI=1S/C50H42N6/c1-3-17-41-37(15-1)38-16-2-4-18-42(38)49(41)33-11-9-13-35(27-33)53-31-55(47-21-7-5-19-45(47)53)50(43-29-51-25-23-39(43)40-24-26-52-30-44(40)50)56-32-54(36-14-10-12-34(49)28-36)46-20-6-8-22-48(46)56/h1-4,9-18,23-30H,5-8,19-22,31-32H2. The average molecular weight is 727 g/mol. The highest BCUT2D eigenvalue weighted by Gasteiger charge is 2.59. The van der Waals surface area contributed by atoms with Gasteiger partial charge in [0.05, 0.1) is 18.8 Å². The number of rotatable bonds is 0. The molecule has 2 aromatic heterocycles. The van der Waals surface area contributed by atoms with E-state index < -0.39 is 11.1 Å². The first-order valence-electron chi connectivity index (χ1n) is 20.6. The first kappa shape index (κ1) is 31.1. The number of aromatic nitrogens is 2. The highest BCUT2D eigenvalue weighted by Crippen LogP contribution is 2.61. The molecule has 8 bridgehead atoms. The van der Waals surface area contributed by atoms with Crippen molar-refractivity contribution in [2.45, 2.75) is 62.4 Å². The van der Waals surface area contributed by atoms with E-state index in [9.17, 15) is 0 Å². The second kappa shape index (κ2) is 11.2. The number of nitrogens with zero attached hydrogens (tertiary/aromatic N) is 6. The highest BCUT2D eigenvalue weighted by molar-refractivity contribution is 5.87. The van der Waals surface area contributed by atoms with Crippen molar-refractivity contribution < 1.29 is 0 Å². The Kier molecular flexibility index (Phi) is 6.23. The molecule has 7 aliphatic rings. The molecular formula is C50H42N6. The molecule has 2 spiro atoms. The van der Waals surface area contributed by atoms with Crippen LogP contribution in [0.2, 0.25) is 0 Å². The number of benzene rings is 4. The maximum atomic E-state index is 4.90. The Balaban J connectivity index is 1.15. The molecule has 5 heterocycles. The summed E-state index contributed by atoms with van der Waals surface area (Å²) >= 11 is 0. The van der Waals surface area contributed by atoms with E-state index >= 15 is 0 Å². The lowest BCUT2D eigenvalue weighted by Gasteiger charge is -2.51. The van der Waals surface area contributed by atoms with Gasteiger partial charge in [0, 0.05) is 70.1 Å². The summed E-state index contributed by atoms with van der Waals surface area (Å²) in [7, 11) is 0. The monoisotopic (exact) mass is 726 g/mol. The van der Waals surface area contributed by atoms with Crippen LogP contribution in [0.15, 0.2) is 157 Å². The van der Waals surface area contributed by atoms with E-state index in [1.165, 1.54) is 115 Å². The number of anilines is 2. The van der Waals surface area contributed by atoms with Crippen molar-refractivity contribution in [3.63, 3.8) is 0 Å². The van der Waals surface area contributed by atoms with Gasteiger partial charge in [0.25, 0.3) is 0 Å². The topological polar surface area (TPSA) is 38.7 Å². The van der Waals surface area contributed by atoms with Gasteiger partial charge in [0.2, 0.25) is 0 Å². The van der Waals surface area contributed by atoms with Crippen LogP contribution in [-0.4, -0.2) is 33.1 Å². The van der Waals surface area contributed by atoms with Gasteiger partial charge in [-0.15, -0.1) is 0 Å². The predicted molar refractivity (Wildman–Crippen MR) is 221 cm³/mol. The van der Waals surface area contributed by atoms with Crippen molar-refractivity contribution in [3.8, 4) is 22.3 Å². The van der Waals surface area contributed by atoms with E-state index in [1.54, 1.807) is 0 Å². The molecule has 6 heteroatoms. The van der Waals surface area contributed by atoms with Crippen LogP contribution in [0.4, 0.5) is 11.4 Å². The van der Waals surface area contributed by atoms with Crippen LogP contribution in [0.5, 0.6) is 0 Å². The summed E-state index contributed by atoms with van der Waals surface area (Å²) in [5.74, 6) is 0. The zero-order chi connectivity index (χ0) is 36.6. The SMILES string of the molecule is c1cc2cc(c1)C1(c3cccc(c3)N3CN(C4=C3CCCC4)C3(c4cnccc4-c4ccncc43)N3CN2C2=C3CCCC2)c2ccccc2-c2ccccc21. The molecule has 56 heavy (non-hydrogen) atoms. The largest absolute Gasteiger partial charge is 0.325 e. The molecule has 0 unspecified atom stereocenters. The number of allylic oxidation sites excluding steroid dienone is 4. The Morgan fingerprint density at radius 1 is 0.429 bits per heavy atom. The summed E-state index contributed by atoms with van der Waals surface area (Å²) < 4.78 is 0. The fourth-order valence-electron chi connectivity index (χ4n) is 12.1. The summed E-state index contributed by atoms with van der Waals surface area (Å²) in [6.07, 6.45) is 17.4. The highest BCUT2D eigenvalue weighted by atomic mass is 15.5. The first-order valence-corrected chi connectivity index (χ1v) is 20.6. The molecule has 0 saturated carbocycles. The minimum absolute atomic E-state index is 0.475. The Morgan fingerprint density at radius 3 is 1.38 bits per heavy atom. The van der Waals surface area contributed by atoms with Gasteiger partial charge < -0.3 is 19.6 Å². The second-order valence-corrected chi connectivity index (χ2v) is 16.7. The van der Waals surface area contributed by atoms with Crippen LogP contribution in [-0.2, 0) is 11.1 Å². The van der Waals surface area contributed by atoms with E-state index in [1.807, 2.05) is 12.4 Å². The van der Waals surface area contributed by atoms with Crippen molar-refractivity contribution in [3.05, 3.63) is 190 Å². The molecule has 0 amide bonds. The van der Waals surface area contributed by atoms with E-state index in [-0.39, 0.29) is 0 Å². The minimum Gasteiger partial charge on any atom is -0.325 e. The smallest absolute Gasteiger partial charge is 0.173 e. The Hall–Kier alpha value is -6.14. The van der Waals surface area contributed by atoms with Crippen molar-refractivity contribution >= 4 is 11.4 Å². The molecule has 6 nitrogen and oxygen atoms in total. The molecule has 272 valence electrons. The minimum atomic E-state index is -0.601. The predicted octanol–water partition coefficient (Wildman–Crippen LogP) is 10.5. The van der Waals surface area contributed by atoms with Crippen molar-refractivity contribution in [2.24, 2.45) is 0 Å². The molecule has 0 atom stereocenters. The van der Waals surface area contributed by atoms with E-state index in [0.717, 1.165) is 39.0 Å². The lowest BCUT2D eigenvalue weighted by Crippen LogP contribution is -2.57. The third-order valence-corrected chi connectivity index (χ3v) is 14.3. The molecule has 4 aliphatic carbocycles. The van der Waals surface area contributed by atoms with Crippen molar-refractivity contribution in [1.82, 2.24) is 19.8 Å². The number of pyridine rings is 2. The summed E-state index contributed by atoms with van der Waals surface area (Å²) in [5, 5.41) is 0. The molecule has 3 aliphatic heterocycles. The van der Waals surface area contributed by atoms with Gasteiger partial charge in [-0.2, -0.15) is 0 Å². The Labute approximate surface area is 328 Å². The lowest BCUT2D eigenvalue weighted by molar-refractivity contribution is 0.0259. The quantitative estimate of drug-likeness (QED) is 0.155. The van der Waals surface area contributed by atoms with Crippen LogP contribution in [0.1, 0.15) is 84.7 Å². The van der Waals surface area contributed by atoms with Crippen LogP contribution < -0.4 is 9.80 Å². The molecule has 6 aromatic rings. The molecule has 4 aromatic carbocycles. The zero-order valence-corrected chi connectivity index (χ0v) is 31.5. The molecule has 13 rings (SSSR count). The van der Waals surface area contributed by atoms with Crippen LogP contribution in [0.3, 0.4) is 0 Å². The maximum Gasteiger partial charge on any atom is 0.173 e. The van der Waals surface area contributed by atoms with Gasteiger partial charge in [0.1, 0.15) is 0 Å². The summed E-state index contributed by atoms with van der Waals surface area (Å²) in [6, 6.07) is 42.0. The summed E-state index contributed by atoms with van der Waals surface area (Å²) in [6.45, 7) is 1.53. The van der Waals surface area contributed by atoms with Gasteiger partial charge in [-0.3, -0.25) is 9.97 Å². The summed E-state index contributed by atoms with van der Waals surface area (Å²) in [4.78, 5) is 20.8. The van der Waals surface area contributed by atoms with Gasteiger partial charge in [-0.1, -0.05) is 72.8 Å². The fraction of sp³-hybridized carbons (Fsp3) is 0.240. The molecule has 0 N–H and O–H groups in total. The molecule has 0 radical (unpaired) electrons. The van der Waals surface area contributed by atoms with E-state index in [4.69, 9.17) is 9.97 Å². The van der Waals surface area contributed by atoms with E-state index in [0.29, 0.717) is 0 Å². The Bertz CT molecular complexity index is 2540. The van der Waals surface area contributed by atoms with Crippen molar-refractivity contribution in [2.75, 3.05) is 23.1 Å². The molecule has 0 fully saturated rings.